The van der Waals surface area contributed by atoms with Crippen molar-refractivity contribution in [3.63, 3.8) is 0 Å². The molecule has 1 atom stereocenters. The van der Waals surface area contributed by atoms with Gasteiger partial charge in [-0.1, -0.05) is 13.8 Å². The highest BCUT2D eigenvalue weighted by Gasteiger charge is 2.31. The first-order valence-electron chi connectivity index (χ1n) is 7.93. The maximum atomic E-state index is 12.3. The Morgan fingerprint density at radius 2 is 1.73 bits per heavy atom. The van der Waals surface area contributed by atoms with Gasteiger partial charge in [-0.25, -0.2) is 21.6 Å². The van der Waals surface area contributed by atoms with Gasteiger partial charge in [-0.05, 0) is 30.7 Å². The maximum absolute atomic E-state index is 12.3. The Balaban J connectivity index is 2.01. The van der Waals surface area contributed by atoms with Crippen LogP contribution in [0.25, 0.3) is 0 Å². The van der Waals surface area contributed by atoms with E-state index in [4.69, 9.17) is 0 Å². The molecule has 1 aliphatic heterocycles. The molecule has 2 amide bonds. The summed E-state index contributed by atoms with van der Waals surface area (Å²) < 4.78 is 49.8. The molecule has 0 saturated carbocycles. The molecule has 0 aromatic heterocycles. The minimum absolute atomic E-state index is 0.0403. The topological polar surface area (TPSA) is 139 Å². The molecule has 3 N–H and O–H groups in total. The first-order valence-corrected chi connectivity index (χ1v) is 11.2. The zero-order valence-electron chi connectivity index (χ0n) is 14.4. The van der Waals surface area contributed by atoms with Crippen molar-refractivity contribution in [3.8, 4) is 0 Å². The number of hydrogen-bond donors (Lipinski definition) is 3. The van der Waals surface area contributed by atoms with Gasteiger partial charge >= 0.3 is 0 Å². The normalized spacial score (nSPS) is 19.3. The van der Waals surface area contributed by atoms with E-state index < -0.39 is 31.8 Å². The van der Waals surface area contributed by atoms with Crippen molar-refractivity contribution in [2.24, 2.45) is 5.92 Å². The molecule has 1 unspecified atom stereocenters. The summed E-state index contributed by atoms with van der Waals surface area (Å²) in [6.45, 7) is 3.34. The second-order valence-corrected chi connectivity index (χ2v) is 10.3. The zero-order valence-corrected chi connectivity index (χ0v) is 16.0. The van der Waals surface area contributed by atoms with E-state index in [2.05, 4.69) is 15.6 Å². The van der Waals surface area contributed by atoms with E-state index in [1.54, 1.807) is 13.8 Å². The van der Waals surface area contributed by atoms with E-state index in [1.165, 1.54) is 24.3 Å². The monoisotopic (exact) mass is 403 g/mol. The van der Waals surface area contributed by atoms with Crippen LogP contribution < -0.4 is 15.6 Å². The van der Waals surface area contributed by atoms with E-state index in [1.807, 2.05) is 0 Å². The molecule has 1 aromatic rings. The third-order valence-electron chi connectivity index (χ3n) is 3.80. The summed E-state index contributed by atoms with van der Waals surface area (Å²) in [5.41, 5.74) is 4.65. The van der Waals surface area contributed by atoms with Gasteiger partial charge in [0.2, 0.25) is 15.9 Å². The van der Waals surface area contributed by atoms with E-state index in [-0.39, 0.29) is 40.2 Å². The lowest BCUT2D eigenvalue weighted by molar-refractivity contribution is -0.124. The number of hydrogen-bond acceptors (Lipinski definition) is 6. The van der Waals surface area contributed by atoms with Gasteiger partial charge in [-0.15, -0.1) is 0 Å². The summed E-state index contributed by atoms with van der Waals surface area (Å²) in [4.78, 5) is 23.3. The highest BCUT2D eigenvalue weighted by molar-refractivity contribution is 7.92. The van der Waals surface area contributed by atoms with Crippen LogP contribution in [0.3, 0.4) is 0 Å². The number of sulfone groups is 1. The van der Waals surface area contributed by atoms with Crippen molar-refractivity contribution in [2.45, 2.75) is 31.2 Å². The van der Waals surface area contributed by atoms with E-state index in [9.17, 15) is 26.4 Å². The van der Waals surface area contributed by atoms with Crippen LogP contribution in [0, 0.1) is 5.92 Å². The van der Waals surface area contributed by atoms with Crippen LogP contribution in [0.1, 0.15) is 30.6 Å². The molecular formula is C15H21N3O6S2. The predicted molar refractivity (Wildman–Crippen MR) is 94.3 cm³/mol. The molecule has 2 rings (SSSR count). The van der Waals surface area contributed by atoms with Gasteiger partial charge < -0.3 is 0 Å². The molecule has 1 heterocycles. The van der Waals surface area contributed by atoms with Crippen molar-refractivity contribution >= 4 is 31.7 Å². The highest BCUT2D eigenvalue weighted by atomic mass is 32.2. The summed E-state index contributed by atoms with van der Waals surface area (Å²) in [7, 11) is -7.09. The van der Waals surface area contributed by atoms with Crippen molar-refractivity contribution in [2.75, 3.05) is 11.5 Å². The number of benzene rings is 1. The fourth-order valence-corrected chi connectivity index (χ4v) is 5.35. The van der Waals surface area contributed by atoms with E-state index in [0.29, 0.717) is 0 Å². The number of amides is 2. The third-order valence-corrected chi connectivity index (χ3v) is 7.11. The fraction of sp³-hybridized carbons (Fsp3) is 0.467. The van der Waals surface area contributed by atoms with Crippen LogP contribution >= 0.6 is 0 Å². The first kappa shape index (κ1) is 20.3. The minimum Gasteiger partial charge on any atom is -0.273 e. The Kier molecular flexibility index (Phi) is 6.04. The molecular weight excluding hydrogens is 382 g/mol. The third kappa shape index (κ3) is 5.26. The summed E-state index contributed by atoms with van der Waals surface area (Å²) in [6, 6.07) is 4.43. The van der Waals surface area contributed by atoms with E-state index in [0.717, 1.165) is 0 Å². The molecule has 1 aromatic carbocycles. The van der Waals surface area contributed by atoms with Crippen LogP contribution in [0.2, 0.25) is 0 Å². The average molecular weight is 403 g/mol. The van der Waals surface area contributed by atoms with Gasteiger partial charge in [0.05, 0.1) is 16.4 Å². The fourth-order valence-electron chi connectivity index (χ4n) is 2.30. The molecule has 0 radical (unpaired) electrons. The molecule has 11 heteroatoms. The maximum Gasteiger partial charge on any atom is 0.269 e. The van der Waals surface area contributed by atoms with Crippen LogP contribution in [0.5, 0.6) is 0 Å². The molecule has 0 spiro atoms. The molecule has 144 valence electrons. The quantitative estimate of drug-likeness (QED) is 0.570. The molecule has 1 saturated heterocycles. The Morgan fingerprint density at radius 1 is 1.12 bits per heavy atom. The van der Waals surface area contributed by atoms with Crippen molar-refractivity contribution in [1.82, 2.24) is 15.6 Å². The SMILES string of the molecule is CC(C)C(=O)NNC(=O)c1ccc(S(=O)(=O)NC2CCS(=O)(=O)C2)cc1. The Morgan fingerprint density at radius 3 is 2.23 bits per heavy atom. The van der Waals surface area contributed by atoms with Crippen molar-refractivity contribution < 1.29 is 26.4 Å². The van der Waals surface area contributed by atoms with Gasteiger partial charge in [0.25, 0.3) is 5.91 Å². The van der Waals surface area contributed by atoms with Gasteiger partial charge in [0.1, 0.15) is 0 Å². The summed E-state index contributed by atoms with van der Waals surface area (Å²) >= 11 is 0. The number of carbonyl (C=O) groups excluding carboxylic acids is 2. The Labute approximate surface area is 152 Å². The molecule has 1 fully saturated rings. The lowest BCUT2D eigenvalue weighted by Crippen LogP contribution is -2.43. The largest absolute Gasteiger partial charge is 0.273 e. The number of hydrazine groups is 1. The second kappa shape index (κ2) is 7.72. The highest BCUT2D eigenvalue weighted by Crippen LogP contribution is 2.16. The van der Waals surface area contributed by atoms with E-state index >= 15 is 0 Å². The predicted octanol–water partition coefficient (Wildman–Crippen LogP) is -0.431. The summed E-state index contributed by atoms with van der Waals surface area (Å²) in [6.07, 6.45) is 0.234. The first-order chi connectivity index (χ1) is 12.0. The average Bonchev–Trinajstić information content (AvgIpc) is 2.90. The molecule has 9 nitrogen and oxygen atoms in total. The zero-order chi connectivity index (χ0) is 19.5. The number of nitrogens with one attached hydrogen (secondary N) is 3. The molecule has 0 aliphatic carbocycles. The molecule has 0 bridgehead atoms. The molecule has 1 aliphatic rings. The summed E-state index contributed by atoms with van der Waals surface area (Å²) in [5, 5.41) is 0. The number of sulfonamides is 1. The smallest absolute Gasteiger partial charge is 0.269 e. The standard InChI is InChI=1S/C15H21N3O6S2/c1-10(2)14(19)16-17-15(20)11-3-5-13(6-4-11)26(23,24)18-12-7-8-25(21,22)9-12/h3-6,10,12,18H,7-9H2,1-2H3,(H,16,19)(H,17,20). The van der Waals surface area contributed by atoms with Crippen LogP contribution in [0.15, 0.2) is 29.2 Å². The lowest BCUT2D eigenvalue weighted by Gasteiger charge is -2.12. The Bertz CT molecular complexity index is 892. The van der Waals surface area contributed by atoms with Crippen LogP contribution in [-0.4, -0.2) is 46.2 Å². The Hall–Kier alpha value is -1.98. The lowest BCUT2D eigenvalue weighted by atomic mass is 10.2. The summed E-state index contributed by atoms with van der Waals surface area (Å²) in [5.74, 6) is -1.50. The van der Waals surface area contributed by atoms with Gasteiger partial charge in [-0.3, -0.25) is 20.4 Å². The van der Waals surface area contributed by atoms with Gasteiger partial charge in [-0.2, -0.15) is 0 Å². The minimum atomic E-state index is -3.89. The number of carbonyl (C=O) groups is 2. The van der Waals surface area contributed by atoms with Crippen LogP contribution in [-0.2, 0) is 24.7 Å². The molecule has 26 heavy (non-hydrogen) atoms. The van der Waals surface area contributed by atoms with Crippen molar-refractivity contribution in [1.29, 1.82) is 0 Å². The van der Waals surface area contributed by atoms with Crippen LogP contribution in [0.4, 0.5) is 0 Å². The second-order valence-electron chi connectivity index (χ2n) is 6.34. The van der Waals surface area contributed by atoms with Gasteiger partial charge in [0.15, 0.2) is 9.84 Å². The number of rotatable bonds is 5. The van der Waals surface area contributed by atoms with Crippen molar-refractivity contribution in [3.05, 3.63) is 29.8 Å². The van der Waals surface area contributed by atoms with Gasteiger partial charge in [0, 0.05) is 17.5 Å².